The van der Waals surface area contributed by atoms with Crippen molar-refractivity contribution in [1.82, 2.24) is 10.6 Å². The maximum Gasteiger partial charge on any atom is 0.120 e. The summed E-state index contributed by atoms with van der Waals surface area (Å²) in [5, 5.41) is 6.77. The SMILES string of the molecule is c1cc2c(cc1OC1CCNCC1)CNCC2. The minimum absolute atomic E-state index is 0.394. The minimum atomic E-state index is 0.394. The van der Waals surface area contributed by atoms with Crippen LogP contribution in [-0.2, 0) is 13.0 Å². The fourth-order valence-corrected chi connectivity index (χ4v) is 2.64. The summed E-state index contributed by atoms with van der Waals surface area (Å²) in [6.07, 6.45) is 3.78. The molecule has 0 aliphatic carbocycles. The molecule has 2 heterocycles. The standard InChI is InChI=1S/C14H20N2O/c1-2-14(17-13-4-7-15-8-5-13)9-12-10-16-6-3-11(1)12/h1-2,9,13,15-16H,3-8,10H2. The summed E-state index contributed by atoms with van der Waals surface area (Å²) in [5.74, 6) is 1.04. The van der Waals surface area contributed by atoms with E-state index in [0.717, 1.165) is 51.2 Å². The molecule has 1 fully saturated rings. The lowest BCUT2D eigenvalue weighted by Crippen LogP contribution is -2.34. The number of hydrogen-bond donors (Lipinski definition) is 2. The van der Waals surface area contributed by atoms with Crippen LogP contribution in [-0.4, -0.2) is 25.7 Å². The number of fused-ring (bicyclic) bond motifs is 1. The molecule has 0 atom stereocenters. The highest BCUT2D eigenvalue weighted by Gasteiger charge is 2.15. The molecule has 0 unspecified atom stereocenters. The molecule has 17 heavy (non-hydrogen) atoms. The van der Waals surface area contributed by atoms with Gasteiger partial charge in [-0.3, -0.25) is 0 Å². The zero-order valence-electron chi connectivity index (χ0n) is 10.2. The van der Waals surface area contributed by atoms with Gasteiger partial charge in [0.2, 0.25) is 0 Å². The Morgan fingerprint density at radius 3 is 2.76 bits per heavy atom. The van der Waals surface area contributed by atoms with Gasteiger partial charge in [0, 0.05) is 6.54 Å². The fraction of sp³-hybridized carbons (Fsp3) is 0.571. The molecule has 0 amide bonds. The molecule has 2 aliphatic rings. The summed E-state index contributed by atoms with van der Waals surface area (Å²) in [4.78, 5) is 0. The average molecular weight is 232 g/mol. The van der Waals surface area contributed by atoms with Crippen molar-refractivity contribution in [2.75, 3.05) is 19.6 Å². The van der Waals surface area contributed by atoms with Crippen LogP contribution in [0, 0.1) is 0 Å². The highest BCUT2D eigenvalue weighted by Crippen LogP contribution is 2.22. The molecule has 0 spiro atoms. The zero-order valence-corrected chi connectivity index (χ0v) is 10.2. The molecule has 1 aromatic rings. The Morgan fingerprint density at radius 2 is 1.88 bits per heavy atom. The van der Waals surface area contributed by atoms with Crippen LogP contribution in [0.2, 0.25) is 0 Å². The lowest BCUT2D eigenvalue weighted by atomic mass is 10.0. The Labute approximate surface area is 103 Å². The van der Waals surface area contributed by atoms with E-state index >= 15 is 0 Å². The van der Waals surface area contributed by atoms with Crippen LogP contribution in [0.25, 0.3) is 0 Å². The third-order valence-corrected chi connectivity index (χ3v) is 3.65. The van der Waals surface area contributed by atoms with Crippen LogP contribution < -0.4 is 15.4 Å². The monoisotopic (exact) mass is 232 g/mol. The smallest absolute Gasteiger partial charge is 0.120 e. The van der Waals surface area contributed by atoms with Crippen molar-refractivity contribution in [1.29, 1.82) is 0 Å². The number of piperidine rings is 1. The van der Waals surface area contributed by atoms with Gasteiger partial charge in [-0.25, -0.2) is 0 Å². The summed E-state index contributed by atoms with van der Waals surface area (Å²) >= 11 is 0. The first kappa shape index (κ1) is 11.1. The van der Waals surface area contributed by atoms with Gasteiger partial charge in [-0.2, -0.15) is 0 Å². The van der Waals surface area contributed by atoms with Crippen LogP contribution in [0.4, 0.5) is 0 Å². The van der Waals surface area contributed by atoms with E-state index in [-0.39, 0.29) is 0 Å². The van der Waals surface area contributed by atoms with Crippen molar-refractivity contribution < 1.29 is 4.74 Å². The molecular weight excluding hydrogens is 212 g/mol. The van der Waals surface area contributed by atoms with Crippen molar-refractivity contribution in [2.45, 2.75) is 31.9 Å². The molecule has 3 nitrogen and oxygen atoms in total. The minimum Gasteiger partial charge on any atom is -0.490 e. The molecule has 0 bridgehead atoms. The van der Waals surface area contributed by atoms with Crippen molar-refractivity contribution in [3.8, 4) is 5.75 Å². The van der Waals surface area contributed by atoms with Gasteiger partial charge in [0.05, 0.1) is 0 Å². The van der Waals surface area contributed by atoms with Gasteiger partial charge < -0.3 is 15.4 Å². The van der Waals surface area contributed by atoms with Crippen molar-refractivity contribution >= 4 is 0 Å². The van der Waals surface area contributed by atoms with Crippen LogP contribution in [0.3, 0.4) is 0 Å². The Bertz CT molecular complexity index is 386. The second-order valence-corrected chi connectivity index (χ2v) is 4.92. The van der Waals surface area contributed by atoms with Crippen LogP contribution in [0.5, 0.6) is 5.75 Å². The Kier molecular flexibility index (Phi) is 3.29. The van der Waals surface area contributed by atoms with Gasteiger partial charge in [-0.1, -0.05) is 6.07 Å². The molecular formula is C14H20N2O. The van der Waals surface area contributed by atoms with Gasteiger partial charge in [0.15, 0.2) is 0 Å². The first-order valence-corrected chi connectivity index (χ1v) is 6.62. The Balaban J connectivity index is 1.70. The molecule has 1 aromatic carbocycles. The molecule has 0 aromatic heterocycles. The van der Waals surface area contributed by atoms with Crippen LogP contribution in [0.15, 0.2) is 18.2 Å². The summed E-state index contributed by atoms with van der Waals surface area (Å²) in [7, 11) is 0. The van der Waals surface area contributed by atoms with E-state index in [4.69, 9.17) is 4.74 Å². The summed E-state index contributed by atoms with van der Waals surface area (Å²) in [6.45, 7) is 4.24. The summed E-state index contributed by atoms with van der Waals surface area (Å²) in [5.41, 5.74) is 2.88. The van der Waals surface area contributed by atoms with Gasteiger partial charge in [-0.05, 0) is 62.2 Å². The van der Waals surface area contributed by atoms with Crippen LogP contribution in [0.1, 0.15) is 24.0 Å². The highest BCUT2D eigenvalue weighted by molar-refractivity contribution is 5.37. The molecule has 1 saturated heterocycles. The summed E-state index contributed by atoms with van der Waals surface area (Å²) in [6, 6.07) is 6.57. The predicted molar refractivity (Wildman–Crippen MR) is 68.4 cm³/mol. The van der Waals surface area contributed by atoms with Crippen molar-refractivity contribution in [3.05, 3.63) is 29.3 Å². The molecule has 2 N–H and O–H groups in total. The fourth-order valence-electron chi connectivity index (χ4n) is 2.64. The predicted octanol–water partition coefficient (Wildman–Crippen LogP) is 1.46. The average Bonchev–Trinajstić information content (AvgIpc) is 2.40. The second kappa shape index (κ2) is 5.07. The number of rotatable bonds is 2. The number of benzene rings is 1. The highest BCUT2D eigenvalue weighted by atomic mass is 16.5. The maximum absolute atomic E-state index is 6.05. The van der Waals surface area contributed by atoms with E-state index in [1.807, 2.05) is 0 Å². The van der Waals surface area contributed by atoms with E-state index in [1.165, 1.54) is 11.1 Å². The van der Waals surface area contributed by atoms with E-state index in [9.17, 15) is 0 Å². The van der Waals surface area contributed by atoms with Gasteiger partial charge in [-0.15, -0.1) is 0 Å². The lowest BCUT2D eigenvalue weighted by Gasteiger charge is -2.25. The van der Waals surface area contributed by atoms with E-state index in [2.05, 4.69) is 28.8 Å². The third kappa shape index (κ3) is 2.61. The van der Waals surface area contributed by atoms with Crippen LogP contribution >= 0.6 is 0 Å². The lowest BCUT2D eigenvalue weighted by molar-refractivity contribution is 0.162. The quantitative estimate of drug-likeness (QED) is 0.810. The number of nitrogens with one attached hydrogen (secondary N) is 2. The molecule has 92 valence electrons. The molecule has 0 saturated carbocycles. The normalized spacial score (nSPS) is 20.9. The van der Waals surface area contributed by atoms with E-state index in [0.29, 0.717) is 6.10 Å². The first-order valence-electron chi connectivity index (χ1n) is 6.62. The molecule has 3 rings (SSSR count). The van der Waals surface area contributed by atoms with Gasteiger partial charge >= 0.3 is 0 Å². The van der Waals surface area contributed by atoms with Gasteiger partial charge in [0.25, 0.3) is 0 Å². The maximum atomic E-state index is 6.05. The van der Waals surface area contributed by atoms with E-state index in [1.54, 1.807) is 0 Å². The molecule has 3 heteroatoms. The number of hydrogen-bond acceptors (Lipinski definition) is 3. The Morgan fingerprint density at radius 1 is 1.00 bits per heavy atom. The van der Waals surface area contributed by atoms with Gasteiger partial charge in [0.1, 0.15) is 11.9 Å². The molecule has 2 aliphatic heterocycles. The van der Waals surface area contributed by atoms with Crippen molar-refractivity contribution in [2.24, 2.45) is 0 Å². The van der Waals surface area contributed by atoms with Crippen molar-refractivity contribution in [3.63, 3.8) is 0 Å². The second-order valence-electron chi connectivity index (χ2n) is 4.92. The summed E-state index contributed by atoms with van der Waals surface area (Å²) < 4.78 is 6.05. The topological polar surface area (TPSA) is 33.3 Å². The zero-order chi connectivity index (χ0) is 11.5. The van der Waals surface area contributed by atoms with E-state index < -0.39 is 0 Å². The first-order chi connectivity index (χ1) is 8.42. The Hall–Kier alpha value is -1.06. The largest absolute Gasteiger partial charge is 0.490 e. The third-order valence-electron chi connectivity index (χ3n) is 3.65. The number of ether oxygens (including phenoxy) is 1. The molecule has 0 radical (unpaired) electrons.